The minimum Gasteiger partial charge on any atom is -0.494 e. The van der Waals surface area contributed by atoms with Gasteiger partial charge in [0, 0.05) is 16.9 Å². The molecule has 7 heteroatoms. The van der Waals surface area contributed by atoms with Crippen LogP contribution < -0.4 is 20.7 Å². The van der Waals surface area contributed by atoms with Gasteiger partial charge in [0.1, 0.15) is 11.6 Å². The van der Waals surface area contributed by atoms with Crippen LogP contribution in [-0.2, 0) is 4.79 Å². The van der Waals surface area contributed by atoms with Crippen LogP contribution in [0.25, 0.3) is 0 Å². The number of allylic oxidation sites excluding steroid dienone is 1. The summed E-state index contributed by atoms with van der Waals surface area (Å²) < 4.78 is 19.7. The van der Waals surface area contributed by atoms with E-state index in [2.05, 4.69) is 16.0 Å². The molecular weight excluding hydrogens is 365 g/mol. The lowest BCUT2D eigenvalue weighted by Gasteiger charge is -2.30. The highest BCUT2D eigenvalue weighted by atomic mass is 32.1. The first-order chi connectivity index (χ1) is 13.0. The van der Waals surface area contributed by atoms with Crippen molar-refractivity contribution in [3.8, 4) is 5.75 Å². The predicted octanol–water partition coefficient (Wildman–Crippen LogP) is 3.66. The van der Waals surface area contributed by atoms with Gasteiger partial charge in [-0.1, -0.05) is 18.2 Å². The lowest BCUT2D eigenvalue weighted by molar-refractivity contribution is -0.113. The van der Waals surface area contributed by atoms with Crippen LogP contribution in [0.1, 0.15) is 25.5 Å². The van der Waals surface area contributed by atoms with Crippen LogP contribution in [0.4, 0.5) is 10.1 Å². The van der Waals surface area contributed by atoms with Crippen LogP contribution >= 0.6 is 12.2 Å². The van der Waals surface area contributed by atoms with E-state index in [1.807, 2.05) is 6.92 Å². The number of carbonyl (C=O) groups excluding carboxylic acids is 1. The van der Waals surface area contributed by atoms with E-state index in [1.54, 1.807) is 49.4 Å². The maximum Gasteiger partial charge on any atom is 0.255 e. The van der Waals surface area contributed by atoms with Gasteiger partial charge in [0.05, 0.1) is 18.2 Å². The molecule has 0 fully saturated rings. The summed E-state index contributed by atoms with van der Waals surface area (Å²) >= 11 is 5.19. The predicted molar refractivity (Wildman–Crippen MR) is 107 cm³/mol. The number of hydrogen-bond acceptors (Lipinski definition) is 3. The molecule has 3 N–H and O–H groups in total. The van der Waals surface area contributed by atoms with Gasteiger partial charge in [-0.3, -0.25) is 4.79 Å². The molecule has 0 aromatic heterocycles. The van der Waals surface area contributed by atoms with Crippen molar-refractivity contribution in [3.63, 3.8) is 0 Å². The van der Waals surface area contributed by atoms with Gasteiger partial charge in [-0.25, -0.2) is 4.39 Å². The molecule has 1 aliphatic rings. The zero-order valence-electron chi connectivity index (χ0n) is 15.0. The normalized spacial score (nSPS) is 16.4. The van der Waals surface area contributed by atoms with E-state index in [4.69, 9.17) is 17.0 Å². The Morgan fingerprint density at radius 3 is 2.59 bits per heavy atom. The zero-order chi connectivity index (χ0) is 19.4. The standard InChI is InChI=1S/C20H20FN3O2S/c1-3-26-14-10-8-13(9-11-14)23-19(25)17-12(2)22-20(27)24-18(17)15-6-4-5-7-16(15)21/h4-11,18H,3H2,1-2H3,(H,23,25)(H2,22,24,27). The maximum absolute atomic E-state index is 14.3. The summed E-state index contributed by atoms with van der Waals surface area (Å²) in [6.07, 6.45) is 0. The number of nitrogens with one attached hydrogen (secondary N) is 3. The van der Waals surface area contributed by atoms with E-state index >= 15 is 0 Å². The highest BCUT2D eigenvalue weighted by molar-refractivity contribution is 7.80. The molecule has 1 amide bonds. The molecule has 0 radical (unpaired) electrons. The summed E-state index contributed by atoms with van der Waals surface area (Å²) in [5.41, 5.74) is 1.93. The topological polar surface area (TPSA) is 62.4 Å². The summed E-state index contributed by atoms with van der Waals surface area (Å²) in [5.74, 6) is -0.0206. The van der Waals surface area contributed by atoms with E-state index < -0.39 is 11.9 Å². The van der Waals surface area contributed by atoms with Crippen molar-refractivity contribution in [1.82, 2.24) is 10.6 Å². The highest BCUT2D eigenvalue weighted by Gasteiger charge is 2.31. The lowest BCUT2D eigenvalue weighted by atomic mass is 9.94. The maximum atomic E-state index is 14.3. The molecule has 0 saturated heterocycles. The molecule has 0 saturated carbocycles. The lowest BCUT2D eigenvalue weighted by Crippen LogP contribution is -2.46. The van der Waals surface area contributed by atoms with Crippen LogP contribution in [0, 0.1) is 5.82 Å². The highest BCUT2D eigenvalue weighted by Crippen LogP contribution is 2.29. The molecule has 1 heterocycles. The van der Waals surface area contributed by atoms with Gasteiger partial charge in [-0.2, -0.15) is 0 Å². The van der Waals surface area contributed by atoms with Gasteiger partial charge in [-0.05, 0) is 56.4 Å². The minimum absolute atomic E-state index is 0.340. The van der Waals surface area contributed by atoms with Crippen molar-refractivity contribution >= 4 is 28.9 Å². The van der Waals surface area contributed by atoms with Gasteiger partial charge in [-0.15, -0.1) is 0 Å². The van der Waals surface area contributed by atoms with Crippen molar-refractivity contribution in [1.29, 1.82) is 0 Å². The van der Waals surface area contributed by atoms with Crippen molar-refractivity contribution in [2.45, 2.75) is 19.9 Å². The Kier molecular flexibility index (Phi) is 5.71. The number of rotatable bonds is 5. The van der Waals surface area contributed by atoms with Crippen LogP contribution in [0.3, 0.4) is 0 Å². The SMILES string of the molecule is CCOc1ccc(NC(=O)C2=C(C)NC(=S)NC2c2ccccc2F)cc1. The molecule has 1 unspecified atom stereocenters. The van der Waals surface area contributed by atoms with Crippen LogP contribution in [0.5, 0.6) is 5.75 Å². The van der Waals surface area contributed by atoms with Gasteiger partial charge in [0.2, 0.25) is 0 Å². The smallest absolute Gasteiger partial charge is 0.255 e. The van der Waals surface area contributed by atoms with E-state index in [0.717, 1.165) is 5.75 Å². The van der Waals surface area contributed by atoms with E-state index in [1.165, 1.54) is 6.07 Å². The summed E-state index contributed by atoms with van der Waals surface area (Å²) in [5, 5.41) is 9.12. The number of anilines is 1. The molecule has 2 aromatic carbocycles. The zero-order valence-corrected chi connectivity index (χ0v) is 15.8. The summed E-state index contributed by atoms with van der Waals surface area (Å²) in [6.45, 7) is 4.22. The summed E-state index contributed by atoms with van der Waals surface area (Å²) in [6, 6.07) is 12.7. The molecule has 0 bridgehead atoms. The first kappa shape index (κ1) is 18.8. The first-order valence-corrected chi connectivity index (χ1v) is 8.97. The molecule has 140 valence electrons. The second-order valence-electron chi connectivity index (χ2n) is 6.00. The molecular formula is C20H20FN3O2S. The largest absolute Gasteiger partial charge is 0.494 e. The Hall–Kier alpha value is -2.93. The fraction of sp³-hybridized carbons (Fsp3) is 0.200. The molecule has 1 atom stereocenters. The summed E-state index contributed by atoms with van der Waals surface area (Å²) in [7, 11) is 0. The third-order valence-corrected chi connectivity index (χ3v) is 4.37. The number of thiocarbonyl (C=S) groups is 1. The van der Waals surface area contributed by atoms with E-state index in [0.29, 0.717) is 34.2 Å². The molecule has 27 heavy (non-hydrogen) atoms. The quantitative estimate of drug-likeness (QED) is 0.686. The first-order valence-electron chi connectivity index (χ1n) is 8.56. The van der Waals surface area contributed by atoms with Gasteiger partial charge in [0.15, 0.2) is 5.11 Å². The monoisotopic (exact) mass is 385 g/mol. The number of hydrogen-bond donors (Lipinski definition) is 3. The fourth-order valence-corrected chi connectivity index (χ4v) is 3.21. The number of carbonyl (C=O) groups is 1. The van der Waals surface area contributed by atoms with E-state index in [-0.39, 0.29) is 5.91 Å². The Labute approximate surface area is 162 Å². The molecule has 0 aliphatic carbocycles. The minimum atomic E-state index is -0.678. The number of benzene rings is 2. The third kappa shape index (κ3) is 4.25. The van der Waals surface area contributed by atoms with Crippen molar-refractivity contribution in [3.05, 3.63) is 71.2 Å². The molecule has 0 spiro atoms. The Morgan fingerprint density at radius 2 is 1.93 bits per heavy atom. The molecule has 2 aromatic rings. The molecule has 3 rings (SSSR count). The second-order valence-corrected chi connectivity index (χ2v) is 6.41. The number of amides is 1. The molecule has 5 nitrogen and oxygen atoms in total. The van der Waals surface area contributed by atoms with Crippen LogP contribution in [0.2, 0.25) is 0 Å². The number of halogens is 1. The Balaban J connectivity index is 1.88. The van der Waals surface area contributed by atoms with Crippen LogP contribution in [-0.4, -0.2) is 17.6 Å². The average molecular weight is 385 g/mol. The second kappa shape index (κ2) is 8.18. The Bertz CT molecular complexity index is 896. The third-order valence-electron chi connectivity index (χ3n) is 4.15. The van der Waals surface area contributed by atoms with Crippen molar-refractivity contribution in [2.75, 3.05) is 11.9 Å². The molecule has 1 aliphatic heterocycles. The van der Waals surface area contributed by atoms with E-state index in [9.17, 15) is 9.18 Å². The van der Waals surface area contributed by atoms with Crippen LogP contribution in [0.15, 0.2) is 59.8 Å². The average Bonchev–Trinajstić information content (AvgIpc) is 2.63. The van der Waals surface area contributed by atoms with Gasteiger partial charge >= 0.3 is 0 Å². The van der Waals surface area contributed by atoms with Gasteiger partial charge < -0.3 is 20.7 Å². The summed E-state index contributed by atoms with van der Waals surface area (Å²) in [4.78, 5) is 12.9. The van der Waals surface area contributed by atoms with Gasteiger partial charge in [0.25, 0.3) is 5.91 Å². The van der Waals surface area contributed by atoms with Crippen molar-refractivity contribution in [2.24, 2.45) is 0 Å². The fourth-order valence-electron chi connectivity index (χ4n) is 2.94. The number of ether oxygens (including phenoxy) is 1. The van der Waals surface area contributed by atoms with Crippen molar-refractivity contribution < 1.29 is 13.9 Å². The Morgan fingerprint density at radius 1 is 1.22 bits per heavy atom.